The number of nitrogens with one attached hydrogen (secondary N) is 2. The van der Waals surface area contributed by atoms with Crippen molar-refractivity contribution in [1.29, 1.82) is 0 Å². The van der Waals surface area contributed by atoms with Crippen LogP contribution in [0.2, 0.25) is 0 Å². The number of carbonyl (C=O) groups is 2. The summed E-state index contributed by atoms with van der Waals surface area (Å²) in [5, 5.41) is 6.05. The number of carbonyl (C=O) groups excluding carboxylic acids is 2. The number of hydrogen-bond donors (Lipinski definition) is 2. The minimum atomic E-state index is -0.352. The largest absolute Gasteiger partial charge is 0.381 e. The maximum atomic E-state index is 13.5. The Balaban J connectivity index is 2.05. The van der Waals surface area contributed by atoms with E-state index in [1.807, 2.05) is 20.8 Å². The summed E-state index contributed by atoms with van der Waals surface area (Å²) in [6.07, 6.45) is 2.92. The van der Waals surface area contributed by atoms with Crippen molar-refractivity contribution in [2.75, 3.05) is 23.7 Å². The van der Waals surface area contributed by atoms with Crippen LogP contribution < -0.4 is 10.6 Å². The molecule has 0 saturated carbocycles. The minimum absolute atomic E-state index is 0.115. The van der Waals surface area contributed by atoms with Gasteiger partial charge in [0.2, 0.25) is 11.8 Å². The van der Waals surface area contributed by atoms with Crippen LogP contribution in [-0.2, 0) is 9.59 Å². The molecular formula is C19H28FN3O2. The Bertz CT molecular complexity index is 619. The Labute approximate surface area is 149 Å². The molecule has 1 aliphatic heterocycles. The Morgan fingerprint density at radius 1 is 1.32 bits per heavy atom. The van der Waals surface area contributed by atoms with Gasteiger partial charge in [0.1, 0.15) is 5.82 Å². The fourth-order valence-corrected chi connectivity index (χ4v) is 3.08. The normalized spacial score (nSPS) is 17.5. The standard InChI is InChI=1S/C19H28FN3O2/c1-4-6-18(24)23-10-5-7-14(12-23)19(25)22-16-9-8-15(20)11-17(16)21-13(2)3/h8-9,11,13-14,21H,4-7,10,12H2,1-3H3,(H,22,25)/t14-/m1/s1. The molecule has 0 spiro atoms. The maximum Gasteiger partial charge on any atom is 0.229 e. The molecule has 2 amide bonds. The monoisotopic (exact) mass is 349 g/mol. The summed E-state index contributed by atoms with van der Waals surface area (Å²) in [6.45, 7) is 7.06. The van der Waals surface area contributed by atoms with Crippen LogP contribution in [0.1, 0.15) is 46.5 Å². The molecule has 1 aromatic rings. The molecular weight excluding hydrogens is 321 g/mol. The maximum absolute atomic E-state index is 13.5. The van der Waals surface area contributed by atoms with E-state index in [9.17, 15) is 14.0 Å². The third kappa shape index (κ3) is 5.44. The smallest absolute Gasteiger partial charge is 0.229 e. The molecule has 1 fully saturated rings. The molecule has 0 aromatic heterocycles. The number of halogens is 1. The van der Waals surface area contributed by atoms with Crippen molar-refractivity contribution in [3.05, 3.63) is 24.0 Å². The van der Waals surface area contributed by atoms with Crippen LogP contribution >= 0.6 is 0 Å². The first-order valence-corrected chi connectivity index (χ1v) is 9.05. The number of rotatable bonds is 6. The molecule has 1 heterocycles. The number of piperidine rings is 1. The first kappa shape index (κ1) is 19.2. The first-order chi connectivity index (χ1) is 11.9. The van der Waals surface area contributed by atoms with Gasteiger partial charge in [-0.05, 0) is 51.3 Å². The summed E-state index contributed by atoms with van der Waals surface area (Å²) in [6, 6.07) is 4.40. The van der Waals surface area contributed by atoms with E-state index < -0.39 is 0 Å². The highest BCUT2D eigenvalue weighted by molar-refractivity contribution is 5.96. The average Bonchev–Trinajstić information content (AvgIpc) is 2.57. The molecule has 5 nitrogen and oxygen atoms in total. The van der Waals surface area contributed by atoms with E-state index in [-0.39, 0.29) is 29.6 Å². The van der Waals surface area contributed by atoms with Gasteiger partial charge in [0, 0.05) is 25.6 Å². The van der Waals surface area contributed by atoms with E-state index >= 15 is 0 Å². The van der Waals surface area contributed by atoms with Crippen LogP contribution in [0.4, 0.5) is 15.8 Å². The molecule has 1 aromatic carbocycles. The lowest BCUT2D eigenvalue weighted by Gasteiger charge is -2.32. The van der Waals surface area contributed by atoms with Crippen molar-refractivity contribution in [3.8, 4) is 0 Å². The molecule has 25 heavy (non-hydrogen) atoms. The molecule has 0 bridgehead atoms. The summed E-state index contributed by atoms with van der Waals surface area (Å²) in [5.74, 6) is -0.585. The SMILES string of the molecule is CCCC(=O)N1CCC[C@@H](C(=O)Nc2ccc(F)cc2NC(C)C)C1. The molecule has 6 heteroatoms. The average molecular weight is 349 g/mol. The first-order valence-electron chi connectivity index (χ1n) is 9.05. The number of nitrogens with zero attached hydrogens (tertiary/aromatic N) is 1. The minimum Gasteiger partial charge on any atom is -0.381 e. The van der Waals surface area contributed by atoms with Gasteiger partial charge in [0.15, 0.2) is 0 Å². The molecule has 0 radical (unpaired) electrons. The van der Waals surface area contributed by atoms with Crippen LogP contribution in [0.15, 0.2) is 18.2 Å². The van der Waals surface area contributed by atoms with E-state index in [1.165, 1.54) is 12.1 Å². The van der Waals surface area contributed by atoms with Crippen LogP contribution in [-0.4, -0.2) is 35.8 Å². The number of benzene rings is 1. The van der Waals surface area contributed by atoms with Gasteiger partial charge in [0.05, 0.1) is 17.3 Å². The fourth-order valence-electron chi connectivity index (χ4n) is 3.08. The van der Waals surface area contributed by atoms with Crippen molar-refractivity contribution in [2.45, 2.75) is 52.5 Å². The van der Waals surface area contributed by atoms with Gasteiger partial charge >= 0.3 is 0 Å². The van der Waals surface area contributed by atoms with Crippen molar-refractivity contribution in [3.63, 3.8) is 0 Å². The van der Waals surface area contributed by atoms with Gasteiger partial charge in [-0.1, -0.05) is 6.92 Å². The van der Waals surface area contributed by atoms with E-state index in [0.29, 0.717) is 24.3 Å². The van der Waals surface area contributed by atoms with E-state index in [4.69, 9.17) is 0 Å². The Kier molecular flexibility index (Phi) is 6.79. The fraction of sp³-hybridized carbons (Fsp3) is 0.579. The number of likely N-dealkylation sites (tertiary alicyclic amines) is 1. The number of anilines is 2. The highest BCUT2D eigenvalue weighted by atomic mass is 19.1. The number of amides is 2. The second kappa shape index (κ2) is 8.83. The Morgan fingerprint density at radius 2 is 2.08 bits per heavy atom. The summed E-state index contributed by atoms with van der Waals surface area (Å²) in [5.41, 5.74) is 1.13. The lowest BCUT2D eigenvalue weighted by atomic mass is 9.96. The van der Waals surface area contributed by atoms with Crippen LogP contribution in [0, 0.1) is 11.7 Å². The summed E-state index contributed by atoms with van der Waals surface area (Å²) >= 11 is 0. The Morgan fingerprint density at radius 3 is 2.76 bits per heavy atom. The van der Waals surface area contributed by atoms with Crippen LogP contribution in [0.5, 0.6) is 0 Å². The summed E-state index contributed by atoms with van der Waals surface area (Å²) < 4.78 is 13.5. The molecule has 2 rings (SSSR count). The predicted octanol–water partition coefficient (Wildman–Crippen LogP) is 3.62. The highest BCUT2D eigenvalue weighted by Crippen LogP contribution is 2.26. The molecule has 138 valence electrons. The number of hydrogen-bond acceptors (Lipinski definition) is 3. The molecule has 1 saturated heterocycles. The lowest BCUT2D eigenvalue weighted by Crippen LogP contribution is -2.43. The molecule has 0 unspecified atom stereocenters. The van der Waals surface area contributed by atoms with Crippen molar-refractivity contribution in [1.82, 2.24) is 4.90 Å². The third-order valence-corrected chi connectivity index (χ3v) is 4.29. The van der Waals surface area contributed by atoms with Gasteiger partial charge in [-0.25, -0.2) is 4.39 Å². The second-order valence-corrected chi connectivity index (χ2v) is 6.91. The van der Waals surface area contributed by atoms with Gasteiger partial charge in [0.25, 0.3) is 0 Å². The van der Waals surface area contributed by atoms with Crippen LogP contribution in [0.25, 0.3) is 0 Å². The van der Waals surface area contributed by atoms with Crippen molar-refractivity contribution in [2.24, 2.45) is 5.92 Å². The molecule has 1 atom stereocenters. The molecule has 0 aliphatic carbocycles. The van der Waals surface area contributed by atoms with Crippen molar-refractivity contribution < 1.29 is 14.0 Å². The van der Waals surface area contributed by atoms with E-state index in [1.54, 1.807) is 11.0 Å². The van der Waals surface area contributed by atoms with Gasteiger partial charge in [-0.15, -0.1) is 0 Å². The molecule has 2 N–H and O–H groups in total. The zero-order valence-electron chi connectivity index (χ0n) is 15.3. The van der Waals surface area contributed by atoms with E-state index in [2.05, 4.69) is 10.6 Å². The summed E-state index contributed by atoms with van der Waals surface area (Å²) in [7, 11) is 0. The molecule has 1 aliphatic rings. The predicted molar refractivity (Wildman–Crippen MR) is 98.0 cm³/mol. The highest BCUT2D eigenvalue weighted by Gasteiger charge is 2.28. The Hall–Kier alpha value is -2.11. The summed E-state index contributed by atoms with van der Waals surface area (Å²) in [4.78, 5) is 26.5. The van der Waals surface area contributed by atoms with Gasteiger partial charge < -0.3 is 15.5 Å². The van der Waals surface area contributed by atoms with Crippen LogP contribution in [0.3, 0.4) is 0 Å². The van der Waals surface area contributed by atoms with Gasteiger partial charge in [-0.2, -0.15) is 0 Å². The zero-order valence-corrected chi connectivity index (χ0v) is 15.3. The zero-order chi connectivity index (χ0) is 18.4. The van der Waals surface area contributed by atoms with E-state index in [0.717, 1.165) is 25.8 Å². The third-order valence-electron chi connectivity index (χ3n) is 4.29. The van der Waals surface area contributed by atoms with Crippen molar-refractivity contribution >= 4 is 23.2 Å². The van der Waals surface area contributed by atoms with Gasteiger partial charge in [-0.3, -0.25) is 9.59 Å². The second-order valence-electron chi connectivity index (χ2n) is 6.91. The lowest BCUT2D eigenvalue weighted by molar-refractivity contribution is -0.134. The topological polar surface area (TPSA) is 61.4 Å². The quantitative estimate of drug-likeness (QED) is 0.824.